The number of aromatic amines is 1. The standard InChI is InChI=1S/C31H23FN4/c1-34-30-14-8-6-12-26(30)33-27-20-22(16-18-31(27)36(34)32)21-15-17-29-25(19-21)24-11-5-7-13-28(24)35(29)23-9-3-2-4-10-23/h2-20,33H,1H3. The van der Waals surface area contributed by atoms with Crippen molar-refractivity contribution in [3.63, 3.8) is 0 Å². The van der Waals surface area contributed by atoms with Crippen molar-refractivity contribution in [1.82, 2.24) is 19.1 Å². The van der Waals surface area contributed by atoms with Gasteiger partial charge in [-0.2, -0.15) is 0 Å². The molecule has 0 fully saturated rings. The zero-order chi connectivity index (χ0) is 24.2. The van der Waals surface area contributed by atoms with Gasteiger partial charge in [0.05, 0.1) is 27.6 Å². The third kappa shape index (κ3) is 3.06. The molecule has 5 heteroatoms. The highest BCUT2D eigenvalue weighted by molar-refractivity contribution is 6.10. The molecular weight excluding hydrogens is 447 g/mol. The molecule has 0 unspecified atom stereocenters. The van der Waals surface area contributed by atoms with Gasteiger partial charge in [-0.25, -0.2) is 0 Å². The van der Waals surface area contributed by atoms with E-state index in [2.05, 4.69) is 76.3 Å². The van der Waals surface area contributed by atoms with Crippen LogP contribution in [0.25, 0.3) is 60.7 Å². The highest BCUT2D eigenvalue weighted by atomic mass is 19.2. The number of rotatable bonds is 2. The molecular formula is C31H23FN4. The summed E-state index contributed by atoms with van der Waals surface area (Å²) in [5, 5.41) is 2.39. The number of benzene rings is 5. The van der Waals surface area contributed by atoms with Crippen molar-refractivity contribution >= 4 is 43.9 Å². The van der Waals surface area contributed by atoms with Crippen LogP contribution in [0.15, 0.2) is 115 Å². The van der Waals surface area contributed by atoms with Crippen LogP contribution in [0.4, 0.5) is 4.48 Å². The van der Waals surface area contributed by atoms with Gasteiger partial charge in [-0.1, -0.05) is 65.1 Å². The summed E-state index contributed by atoms with van der Waals surface area (Å²) in [6, 6.07) is 39.1. The van der Waals surface area contributed by atoms with E-state index in [0.29, 0.717) is 10.4 Å². The Bertz CT molecular complexity index is 1970. The minimum atomic E-state index is 0.471. The molecule has 7 rings (SSSR count). The van der Waals surface area contributed by atoms with Gasteiger partial charge in [-0.3, -0.25) is 4.68 Å². The van der Waals surface area contributed by atoms with Gasteiger partial charge < -0.3 is 9.55 Å². The summed E-state index contributed by atoms with van der Waals surface area (Å²) in [4.78, 5) is 4.13. The molecule has 0 radical (unpaired) electrons. The quantitative estimate of drug-likeness (QED) is 0.265. The predicted molar refractivity (Wildman–Crippen MR) is 147 cm³/mol. The van der Waals surface area contributed by atoms with Crippen molar-refractivity contribution < 1.29 is 4.48 Å². The number of H-pyrrole nitrogens is 1. The molecule has 174 valence electrons. The number of nitrogens with one attached hydrogen (secondary N) is 1. The fourth-order valence-corrected chi connectivity index (χ4v) is 5.25. The summed E-state index contributed by atoms with van der Waals surface area (Å²) >= 11 is 0. The number of nitrogens with zero attached hydrogens (tertiary/aromatic N) is 3. The molecule has 0 atom stereocenters. The highest BCUT2D eigenvalue weighted by Crippen LogP contribution is 2.35. The molecule has 0 bridgehead atoms. The molecule has 0 amide bonds. The molecule has 2 aromatic heterocycles. The second kappa shape index (κ2) is 7.89. The van der Waals surface area contributed by atoms with Gasteiger partial charge in [0.15, 0.2) is 0 Å². The minimum absolute atomic E-state index is 0.471. The Labute approximate surface area is 206 Å². The SMILES string of the molecule is Cn1c2ccccc2[nH]c2cc(-c3ccc4c(c3)c3ccccc3n4-c3ccccc3)ccc2n1F. The largest absolute Gasteiger partial charge is 0.352 e. The lowest BCUT2D eigenvalue weighted by Crippen LogP contribution is -2.03. The lowest BCUT2D eigenvalue weighted by atomic mass is 10.0. The summed E-state index contributed by atoms with van der Waals surface area (Å²) in [5.41, 5.74) is 8.40. The Morgan fingerprint density at radius 1 is 0.556 bits per heavy atom. The van der Waals surface area contributed by atoms with Crippen LogP contribution in [0.3, 0.4) is 0 Å². The normalized spacial score (nSPS) is 11.6. The number of halogens is 1. The van der Waals surface area contributed by atoms with E-state index >= 15 is 4.48 Å². The van der Waals surface area contributed by atoms with E-state index in [4.69, 9.17) is 0 Å². The molecule has 36 heavy (non-hydrogen) atoms. The van der Waals surface area contributed by atoms with E-state index in [1.54, 1.807) is 7.05 Å². The number of hydrogen-bond donors (Lipinski definition) is 1. The first-order chi connectivity index (χ1) is 17.7. The Hall–Kier alpha value is -4.77. The lowest BCUT2D eigenvalue weighted by Gasteiger charge is -2.08. The van der Waals surface area contributed by atoms with Crippen molar-refractivity contribution in [2.45, 2.75) is 0 Å². The average Bonchev–Trinajstić information content (AvgIpc) is 3.21. The maximum Gasteiger partial charge on any atom is 0.117 e. The predicted octanol–water partition coefficient (Wildman–Crippen LogP) is 8.08. The lowest BCUT2D eigenvalue weighted by molar-refractivity contribution is 0.283. The zero-order valence-corrected chi connectivity index (χ0v) is 19.7. The van der Waals surface area contributed by atoms with E-state index in [-0.39, 0.29) is 0 Å². The van der Waals surface area contributed by atoms with Crippen LogP contribution in [0.1, 0.15) is 0 Å². The van der Waals surface area contributed by atoms with Gasteiger partial charge >= 0.3 is 0 Å². The number of para-hydroxylation sites is 4. The van der Waals surface area contributed by atoms with E-state index in [1.807, 2.05) is 48.5 Å². The molecule has 5 aromatic carbocycles. The molecule has 0 aliphatic carbocycles. The van der Waals surface area contributed by atoms with Crippen LogP contribution in [0.5, 0.6) is 0 Å². The van der Waals surface area contributed by atoms with Crippen molar-refractivity contribution in [1.29, 1.82) is 0 Å². The van der Waals surface area contributed by atoms with Gasteiger partial charge in [0.25, 0.3) is 0 Å². The van der Waals surface area contributed by atoms with E-state index in [0.717, 1.165) is 38.9 Å². The topological polar surface area (TPSA) is 30.6 Å². The third-order valence-corrected chi connectivity index (χ3v) is 7.00. The zero-order valence-electron chi connectivity index (χ0n) is 19.7. The van der Waals surface area contributed by atoms with E-state index < -0.39 is 0 Å². The van der Waals surface area contributed by atoms with E-state index in [1.165, 1.54) is 21.0 Å². The Balaban J connectivity index is 1.48. The molecule has 2 heterocycles. The van der Waals surface area contributed by atoms with Crippen molar-refractivity contribution in [2.75, 3.05) is 0 Å². The van der Waals surface area contributed by atoms with Gasteiger partial charge in [0.1, 0.15) is 5.52 Å². The Morgan fingerprint density at radius 3 is 2.03 bits per heavy atom. The summed E-state index contributed by atoms with van der Waals surface area (Å²) in [5.74, 6) is 0. The van der Waals surface area contributed by atoms with Gasteiger partial charge in [0, 0.05) is 23.5 Å². The minimum Gasteiger partial charge on any atom is -0.352 e. The van der Waals surface area contributed by atoms with E-state index in [9.17, 15) is 0 Å². The molecule has 0 spiro atoms. The fourth-order valence-electron chi connectivity index (χ4n) is 5.25. The fraction of sp³-hybridized carbons (Fsp3) is 0.0323. The summed E-state index contributed by atoms with van der Waals surface area (Å²) in [6.07, 6.45) is 0. The van der Waals surface area contributed by atoms with Crippen LogP contribution in [-0.2, 0) is 7.05 Å². The third-order valence-electron chi connectivity index (χ3n) is 7.00. The molecule has 7 aromatic rings. The van der Waals surface area contributed by atoms with Crippen molar-refractivity contribution in [3.05, 3.63) is 115 Å². The number of hydrogen-bond acceptors (Lipinski definition) is 0. The number of aromatic nitrogens is 4. The molecule has 1 N–H and O–H groups in total. The van der Waals surface area contributed by atoms with Gasteiger partial charge in [-0.15, -0.1) is 4.90 Å². The maximum absolute atomic E-state index is 15.3. The van der Waals surface area contributed by atoms with Crippen molar-refractivity contribution in [2.24, 2.45) is 7.05 Å². The molecule has 0 aliphatic heterocycles. The first kappa shape index (κ1) is 20.6. The summed E-state index contributed by atoms with van der Waals surface area (Å²) in [7, 11) is 1.72. The van der Waals surface area contributed by atoms with Crippen LogP contribution in [-0.4, -0.2) is 19.1 Å². The van der Waals surface area contributed by atoms with Crippen LogP contribution in [0.2, 0.25) is 0 Å². The summed E-state index contributed by atoms with van der Waals surface area (Å²) in [6.45, 7) is 0. The molecule has 4 nitrogen and oxygen atoms in total. The smallest absolute Gasteiger partial charge is 0.117 e. The van der Waals surface area contributed by atoms with Crippen LogP contribution in [0, 0.1) is 0 Å². The van der Waals surface area contributed by atoms with Gasteiger partial charge in [-0.05, 0) is 65.7 Å². The summed E-state index contributed by atoms with van der Waals surface area (Å²) < 4.78 is 19.1. The second-order valence-electron chi connectivity index (χ2n) is 9.08. The first-order valence-electron chi connectivity index (χ1n) is 12.0. The monoisotopic (exact) mass is 470 g/mol. The number of aryl methyl sites for hydroxylation is 1. The average molecular weight is 471 g/mol. The Kier molecular flexibility index (Phi) is 4.51. The van der Waals surface area contributed by atoms with Crippen LogP contribution < -0.4 is 0 Å². The second-order valence-corrected chi connectivity index (χ2v) is 9.08. The maximum atomic E-state index is 15.3. The molecule has 0 aliphatic rings. The Morgan fingerprint density at radius 2 is 1.19 bits per heavy atom. The molecule has 0 saturated carbocycles. The highest BCUT2D eigenvalue weighted by Gasteiger charge is 2.13. The number of fused-ring (bicyclic) bond motifs is 5. The molecule has 0 saturated heterocycles. The van der Waals surface area contributed by atoms with Crippen molar-refractivity contribution in [3.8, 4) is 16.8 Å². The van der Waals surface area contributed by atoms with Gasteiger partial charge in [0.2, 0.25) is 0 Å². The van der Waals surface area contributed by atoms with Crippen LogP contribution >= 0.6 is 0 Å². The first-order valence-corrected chi connectivity index (χ1v) is 12.0.